The second kappa shape index (κ2) is 6.07. The van der Waals surface area contributed by atoms with Crippen molar-refractivity contribution in [1.82, 2.24) is 15.3 Å². The number of aromatic amines is 1. The summed E-state index contributed by atoms with van der Waals surface area (Å²) >= 11 is 1.34. The van der Waals surface area contributed by atoms with Gasteiger partial charge in [-0.25, -0.2) is 4.98 Å². The van der Waals surface area contributed by atoms with E-state index in [1.165, 1.54) is 18.0 Å². The Morgan fingerprint density at radius 3 is 2.41 bits per heavy atom. The van der Waals surface area contributed by atoms with E-state index < -0.39 is 0 Å². The predicted octanol–water partition coefficient (Wildman–Crippen LogP) is 2.83. The molecule has 0 atom stereocenters. The summed E-state index contributed by atoms with van der Waals surface area (Å²) < 4.78 is 0. The molecule has 0 spiro atoms. The molecular formula is C16H25N3O2S. The molecule has 22 heavy (non-hydrogen) atoms. The van der Waals surface area contributed by atoms with Crippen LogP contribution in [0.25, 0.3) is 0 Å². The number of aromatic nitrogens is 2. The van der Waals surface area contributed by atoms with Gasteiger partial charge in [-0.1, -0.05) is 39.5 Å². The van der Waals surface area contributed by atoms with E-state index in [-0.39, 0.29) is 33.9 Å². The maximum atomic E-state index is 12.4. The Morgan fingerprint density at radius 1 is 1.32 bits per heavy atom. The highest BCUT2D eigenvalue weighted by Gasteiger charge is 2.39. The Kier molecular flexibility index (Phi) is 4.70. The second-order valence-corrected chi connectivity index (χ2v) is 8.51. The number of carbonyl (C=O) groups is 1. The molecule has 5 nitrogen and oxygen atoms in total. The molecule has 1 aromatic rings. The third-order valence-electron chi connectivity index (χ3n) is 4.10. The first-order chi connectivity index (χ1) is 10.1. The summed E-state index contributed by atoms with van der Waals surface area (Å²) in [7, 11) is 0. The molecule has 0 bridgehead atoms. The SMILES string of the molecule is CSc1ncc(C(=O)NC2CC(C)(C)CC(C)(C)C2)c(=O)[nH]1. The number of hydrogen-bond donors (Lipinski definition) is 2. The largest absolute Gasteiger partial charge is 0.349 e. The fourth-order valence-electron chi connectivity index (χ4n) is 3.86. The standard InChI is InChI=1S/C16H25N3O2S/c1-15(2)6-10(7-16(3,4)9-15)18-12(20)11-8-17-14(22-5)19-13(11)21/h8,10H,6-7,9H2,1-5H3,(H,18,20)(H,17,19,21). The molecule has 2 rings (SSSR count). The highest BCUT2D eigenvalue weighted by atomic mass is 32.2. The third-order valence-corrected chi connectivity index (χ3v) is 4.70. The Hall–Kier alpha value is -1.30. The summed E-state index contributed by atoms with van der Waals surface area (Å²) in [6.45, 7) is 8.92. The maximum absolute atomic E-state index is 12.4. The van der Waals surface area contributed by atoms with Gasteiger partial charge in [-0.2, -0.15) is 0 Å². The zero-order chi connectivity index (χ0) is 16.5. The summed E-state index contributed by atoms with van der Waals surface area (Å²) in [6, 6.07) is 0.0888. The van der Waals surface area contributed by atoms with E-state index in [0.717, 1.165) is 19.3 Å². The zero-order valence-electron chi connectivity index (χ0n) is 13.9. The van der Waals surface area contributed by atoms with Gasteiger partial charge in [0.2, 0.25) is 0 Å². The summed E-state index contributed by atoms with van der Waals surface area (Å²) in [6.07, 6.45) is 6.17. The molecule has 2 N–H and O–H groups in total. The van der Waals surface area contributed by atoms with Crippen LogP contribution in [0.4, 0.5) is 0 Å². The van der Waals surface area contributed by atoms with Gasteiger partial charge in [0.05, 0.1) is 0 Å². The lowest BCUT2D eigenvalue weighted by molar-refractivity contribution is 0.0712. The molecule has 0 saturated heterocycles. The Morgan fingerprint density at radius 2 is 1.91 bits per heavy atom. The van der Waals surface area contributed by atoms with Gasteiger partial charge < -0.3 is 10.3 Å². The molecule has 1 fully saturated rings. The normalized spacial score (nSPS) is 20.6. The first-order valence-electron chi connectivity index (χ1n) is 7.56. The van der Waals surface area contributed by atoms with Crippen LogP contribution in [0.2, 0.25) is 0 Å². The molecule has 1 aromatic heterocycles. The van der Waals surface area contributed by atoms with Crippen molar-refractivity contribution in [2.45, 2.75) is 58.2 Å². The van der Waals surface area contributed by atoms with Gasteiger partial charge in [0.1, 0.15) is 5.56 Å². The van der Waals surface area contributed by atoms with Crippen LogP contribution in [0, 0.1) is 10.8 Å². The van der Waals surface area contributed by atoms with Crippen molar-refractivity contribution in [3.63, 3.8) is 0 Å². The van der Waals surface area contributed by atoms with Crippen molar-refractivity contribution >= 4 is 17.7 Å². The number of carbonyl (C=O) groups excluding carboxylic acids is 1. The van der Waals surface area contributed by atoms with Gasteiger partial charge in [0, 0.05) is 12.2 Å². The lowest BCUT2D eigenvalue weighted by atomic mass is 9.63. The number of nitrogens with one attached hydrogen (secondary N) is 2. The molecule has 0 radical (unpaired) electrons. The molecule has 6 heteroatoms. The van der Waals surface area contributed by atoms with Gasteiger partial charge >= 0.3 is 0 Å². The first-order valence-corrected chi connectivity index (χ1v) is 8.79. The van der Waals surface area contributed by atoms with E-state index in [1.807, 2.05) is 6.26 Å². The quantitative estimate of drug-likeness (QED) is 0.662. The Bertz CT molecular complexity index is 606. The lowest BCUT2D eigenvalue weighted by Gasteiger charge is -2.45. The van der Waals surface area contributed by atoms with Crippen molar-refractivity contribution in [3.8, 4) is 0 Å². The molecule has 0 aliphatic heterocycles. The molecular weight excluding hydrogens is 298 g/mol. The number of amides is 1. The van der Waals surface area contributed by atoms with E-state index >= 15 is 0 Å². The highest BCUT2D eigenvalue weighted by Crippen LogP contribution is 2.45. The average Bonchev–Trinajstić information content (AvgIpc) is 2.34. The van der Waals surface area contributed by atoms with Crippen LogP contribution >= 0.6 is 11.8 Å². The van der Waals surface area contributed by atoms with Crippen molar-refractivity contribution in [3.05, 3.63) is 22.1 Å². The Balaban J connectivity index is 2.13. The van der Waals surface area contributed by atoms with Crippen LogP contribution in [0.3, 0.4) is 0 Å². The fourth-order valence-corrected chi connectivity index (χ4v) is 4.21. The predicted molar refractivity (Wildman–Crippen MR) is 89.3 cm³/mol. The molecule has 1 heterocycles. The number of H-pyrrole nitrogens is 1. The summed E-state index contributed by atoms with van der Waals surface area (Å²) in [4.78, 5) is 31.0. The third kappa shape index (κ3) is 4.12. The van der Waals surface area contributed by atoms with Crippen molar-refractivity contribution < 1.29 is 4.79 Å². The van der Waals surface area contributed by atoms with Crippen molar-refractivity contribution in [2.24, 2.45) is 10.8 Å². The van der Waals surface area contributed by atoms with Gasteiger partial charge in [0.25, 0.3) is 11.5 Å². The van der Waals surface area contributed by atoms with Gasteiger partial charge in [0.15, 0.2) is 5.16 Å². The molecule has 0 unspecified atom stereocenters. The molecule has 0 aromatic carbocycles. The van der Waals surface area contributed by atoms with Crippen LogP contribution in [0.15, 0.2) is 16.1 Å². The summed E-state index contributed by atoms with van der Waals surface area (Å²) in [5.41, 5.74) is 0.0744. The van der Waals surface area contributed by atoms with E-state index in [0.29, 0.717) is 5.16 Å². The van der Waals surface area contributed by atoms with E-state index in [4.69, 9.17) is 0 Å². The van der Waals surface area contributed by atoms with E-state index in [9.17, 15) is 9.59 Å². The van der Waals surface area contributed by atoms with Crippen LogP contribution in [0.5, 0.6) is 0 Å². The van der Waals surface area contributed by atoms with Crippen molar-refractivity contribution in [2.75, 3.05) is 6.26 Å². The number of rotatable bonds is 3. The maximum Gasteiger partial charge on any atom is 0.264 e. The highest BCUT2D eigenvalue weighted by molar-refractivity contribution is 7.98. The zero-order valence-corrected chi connectivity index (χ0v) is 14.8. The van der Waals surface area contributed by atoms with Gasteiger partial charge in [-0.3, -0.25) is 9.59 Å². The molecule has 1 aliphatic carbocycles. The van der Waals surface area contributed by atoms with E-state index in [1.54, 1.807) is 0 Å². The minimum absolute atomic E-state index is 0.0824. The number of nitrogens with zero attached hydrogens (tertiary/aromatic N) is 1. The molecule has 1 saturated carbocycles. The van der Waals surface area contributed by atoms with Crippen LogP contribution in [-0.4, -0.2) is 28.2 Å². The average molecular weight is 323 g/mol. The topological polar surface area (TPSA) is 74.8 Å². The molecule has 1 amide bonds. The van der Waals surface area contributed by atoms with Gasteiger partial charge in [-0.15, -0.1) is 0 Å². The lowest BCUT2D eigenvalue weighted by Crippen LogP contribution is -2.46. The second-order valence-electron chi connectivity index (χ2n) is 7.72. The van der Waals surface area contributed by atoms with E-state index in [2.05, 4.69) is 43.0 Å². The number of thioether (sulfide) groups is 1. The summed E-state index contributed by atoms with van der Waals surface area (Å²) in [5.74, 6) is -0.333. The van der Waals surface area contributed by atoms with Crippen LogP contribution in [0.1, 0.15) is 57.3 Å². The smallest absolute Gasteiger partial charge is 0.264 e. The van der Waals surface area contributed by atoms with Crippen molar-refractivity contribution in [1.29, 1.82) is 0 Å². The van der Waals surface area contributed by atoms with Crippen LogP contribution < -0.4 is 10.9 Å². The van der Waals surface area contributed by atoms with Crippen LogP contribution in [-0.2, 0) is 0 Å². The van der Waals surface area contributed by atoms with Gasteiger partial charge in [-0.05, 0) is 36.3 Å². The Labute approximate surface area is 135 Å². The first kappa shape index (κ1) is 17.1. The summed E-state index contributed by atoms with van der Waals surface area (Å²) in [5, 5.41) is 3.53. The minimum atomic E-state index is -0.383. The molecule has 122 valence electrons. The fraction of sp³-hybridized carbons (Fsp3) is 0.688. The number of hydrogen-bond acceptors (Lipinski definition) is 4. The minimum Gasteiger partial charge on any atom is -0.349 e. The monoisotopic (exact) mass is 323 g/mol. The molecule has 1 aliphatic rings.